The molecular formula is C22H17FN4O. The molecule has 0 aliphatic carbocycles. The van der Waals surface area contributed by atoms with Crippen LogP contribution < -0.4 is 5.43 Å². The number of rotatable bonds is 4. The standard InChI is InChI=1S/C22H17FN4O/c1-14(15-8-4-7-13-20(15)28)26-27-22-17-10-3-6-12-19(17)24-21(25-22)16-9-2-5-11-18(16)23/h2-13,28H,1H3,(H,24,25,27)/b26-14+. The molecule has 1 aromatic heterocycles. The van der Waals surface area contributed by atoms with Crippen molar-refractivity contribution in [3.63, 3.8) is 0 Å². The summed E-state index contributed by atoms with van der Waals surface area (Å²) >= 11 is 0. The number of phenolic OH excluding ortho intramolecular Hbond substituents is 1. The number of anilines is 1. The van der Waals surface area contributed by atoms with E-state index in [1.54, 1.807) is 43.3 Å². The van der Waals surface area contributed by atoms with Crippen LogP contribution in [0, 0.1) is 5.82 Å². The molecule has 0 unspecified atom stereocenters. The number of para-hydroxylation sites is 2. The third kappa shape index (κ3) is 3.40. The van der Waals surface area contributed by atoms with Gasteiger partial charge in [0.15, 0.2) is 11.6 Å². The first-order valence-electron chi connectivity index (χ1n) is 8.74. The zero-order valence-corrected chi connectivity index (χ0v) is 15.1. The summed E-state index contributed by atoms with van der Waals surface area (Å²) in [5.74, 6) is 0.482. The van der Waals surface area contributed by atoms with E-state index in [-0.39, 0.29) is 11.6 Å². The molecule has 4 aromatic rings. The van der Waals surface area contributed by atoms with E-state index in [2.05, 4.69) is 20.5 Å². The lowest BCUT2D eigenvalue weighted by atomic mass is 10.1. The van der Waals surface area contributed by atoms with E-state index in [4.69, 9.17) is 0 Å². The molecule has 0 aliphatic heterocycles. The topological polar surface area (TPSA) is 70.4 Å². The maximum absolute atomic E-state index is 14.2. The lowest BCUT2D eigenvalue weighted by molar-refractivity contribution is 0.474. The average molecular weight is 372 g/mol. The molecule has 2 N–H and O–H groups in total. The van der Waals surface area contributed by atoms with Gasteiger partial charge in [0.2, 0.25) is 0 Å². The number of fused-ring (bicyclic) bond motifs is 1. The molecule has 0 saturated carbocycles. The van der Waals surface area contributed by atoms with Crippen LogP contribution in [0.4, 0.5) is 10.2 Å². The second-order valence-electron chi connectivity index (χ2n) is 6.22. The molecule has 0 aliphatic rings. The van der Waals surface area contributed by atoms with Crippen molar-refractivity contribution in [3.05, 3.63) is 84.2 Å². The first-order chi connectivity index (χ1) is 13.6. The van der Waals surface area contributed by atoms with Crippen LogP contribution in [0.2, 0.25) is 0 Å². The van der Waals surface area contributed by atoms with Crippen LogP contribution in [0.3, 0.4) is 0 Å². The van der Waals surface area contributed by atoms with Crippen LogP contribution in [0.15, 0.2) is 77.9 Å². The summed E-state index contributed by atoms with van der Waals surface area (Å²) < 4.78 is 14.2. The molecule has 4 rings (SSSR count). The summed E-state index contributed by atoms with van der Waals surface area (Å²) in [7, 11) is 0. The fourth-order valence-corrected chi connectivity index (χ4v) is 2.90. The zero-order valence-electron chi connectivity index (χ0n) is 15.1. The minimum absolute atomic E-state index is 0.144. The fourth-order valence-electron chi connectivity index (χ4n) is 2.90. The molecule has 3 aromatic carbocycles. The summed E-state index contributed by atoms with van der Waals surface area (Å²) in [5.41, 5.74) is 5.14. The van der Waals surface area contributed by atoms with Crippen molar-refractivity contribution in [2.24, 2.45) is 5.10 Å². The summed E-state index contributed by atoms with van der Waals surface area (Å²) in [4.78, 5) is 8.97. The maximum atomic E-state index is 14.2. The predicted molar refractivity (Wildman–Crippen MR) is 109 cm³/mol. The minimum Gasteiger partial charge on any atom is -0.507 e. The monoisotopic (exact) mass is 372 g/mol. The Morgan fingerprint density at radius 3 is 2.46 bits per heavy atom. The van der Waals surface area contributed by atoms with Crippen molar-refractivity contribution < 1.29 is 9.50 Å². The van der Waals surface area contributed by atoms with E-state index < -0.39 is 5.82 Å². The van der Waals surface area contributed by atoms with E-state index in [1.165, 1.54) is 6.07 Å². The van der Waals surface area contributed by atoms with Gasteiger partial charge in [0.05, 0.1) is 16.8 Å². The van der Waals surface area contributed by atoms with Gasteiger partial charge in [-0.2, -0.15) is 5.10 Å². The second-order valence-corrected chi connectivity index (χ2v) is 6.22. The van der Waals surface area contributed by atoms with Crippen molar-refractivity contribution in [1.29, 1.82) is 0 Å². The predicted octanol–water partition coefficient (Wildman–Crippen LogP) is 4.98. The second kappa shape index (κ2) is 7.44. The molecule has 0 fully saturated rings. The third-order valence-corrected chi connectivity index (χ3v) is 4.34. The molecule has 0 amide bonds. The quantitative estimate of drug-likeness (QED) is 0.392. The Morgan fingerprint density at radius 2 is 1.64 bits per heavy atom. The summed E-state index contributed by atoms with van der Waals surface area (Å²) in [6.07, 6.45) is 0. The number of hydrazone groups is 1. The van der Waals surface area contributed by atoms with Crippen LogP contribution >= 0.6 is 0 Å². The van der Waals surface area contributed by atoms with Gasteiger partial charge in [-0.1, -0.05) is 36.4 Å². The van der Waals surface area contributed by atoms with Crippen LogP contribution in [-0.4, -0.2) is 20.8 Å². The molecule has 138 valence electrons. The molecule has 1 heterocycles. The lowest BCUT2D eigenvalue weighted by Gasteiger charge is -2.10. The summed E-state index contributed by atoms with van der Waals surface area (Å²) in [6.45, 7) is 1.78. The van der Waals surface area contributed by atoms with Crippen LogP contribution in [0.1, 0.15) is 12.5 Å². The van der Waals surface area contributed by atoms with E-state index in [1.807, 2.05) is 30.3 Å². The zero-order chi connectivity index (χ0) is 19.5. The molecule has 6 heteroatoms. The Morgan fingerprint density at radius 1 is 0.929 bits per heavy atom. The van der Waals surface area contributed by atoms with E-state index in [9.17, 15) is 9.50 Å². The highest BCUT2D eigenvalue weighted by Gasteiger charge is 2.12. The number of benzene rings is 3. The highest BCUT2D eigenvalue weighted by molar-refractivity contribution is 6.01. The maximum Gasteiger partial charge on any atom is 0.165 e. The minimum atomic E-state index is -0.391. The van der Waals surface area contributed by atoms with Crippen molar-refractivity contribution in [2.75, 3.05) is 5.43 Å². The van der Waals surface area contributed by atoms with Gasteiger partial charge >= 0.3 is 0 Å². The van der Waals surface area contributed by atoms with E-state index in [0.717, 1.165) is 5.39 Å². The number of nitrogens with one attached hydrogen (secondary N) is 1. The van der Waals surface area contributed by atoms with Gasteiger partial charge in [0.1, 0.15) is 11.6 Å². The number of halogens is 1. The Bertz CT molecular complexity index is 1190. The molecular weight excluding hydrogens is 355 g/mol. The first-order valence-corrected chi connectivity index (χ1v) is 8.74. The normalized spacial score (nSPS) is 11.6. The van der Waals surface area contributed by atoms with Crippen molar-refractivity contribution in [1.82, 2.24) is 9.97 Å². The smallest absolute Gasteiger partial charge is 0.165 e. The number of hydrogen-bond acceptors (Lipinski definition) is 5. The molecule has 0 saturated heterocycles. The van der Waals surface area contributed by atoms with Gasteiger partial charge in [-0.05, 0) is 43.3 Å². The van der Waals surface area contributed by atoms with Crippen molar-refractivity contribution in [2.45, 2.75) is 6.92 Å². The molecule has 0 bridgehead atoms. The van der Waals surface area contributed by atoms with Gasteiger partial charge in [-0.25, -0.2) is 14.4 Å². The fraction of sp³-hybridized carbons (Fsp3) is 0.0455. The Labute approximate surface area is 161 Å². The van der Waals surface area contributed by atoms with Gasteiger partial charge in [0, 0.05) is 10.9 Å². The van der Waals surface area contributed by atoms with Gasteiger partial charge in [-0.15, -0.1) is 0 Å². The Kier molecular flexibility index (Phi) is 4.68. The largest absolute Gasteiger partial charge is 0.507 e. The van der Waals surface area contributed by atoms with Crippen LogP contribution in [0.25, 0.3) is 22.3 Å². The van der Waals surface area contributed by atoms with Gasteiger partial charge in [0.25, 0.3) is 0 Å². The highest BCUT2D eigenvalue weighted by atomic mass is 19.1. The first kappa shape index (κ1) is 17.6. The van der Waals surface area contributed by atoms with Crippen molar-refractivity contribution >= 4 is 22.4 Å². The van der Waals surface area contributed by atoms with E-state index >= 15 is 0 Å². The molecule has 5 nitrogen and oxygen atoms in total. The third-order valence-electron chi connectivity index (χ3n) is 4.34. The Hall–Kier alpha value is -3.80. The summed E-state index contributed by atoms with van der Waals surface area (Å²) in [6, 6.07) is 20.8. The number of phenols is 1. The molecule has 28 heavy (non-hydrogen) atoms. The SMILES string of the molecule is C/C(=N\Nc1nc(-c2ccccc2F)nc2ccccc12)c1ccccc1O. The molecule has 0 radical (unpaired) electrons. The van der Waals surface area contributed by atoms with E-state index in [0.29, 0.717) is 28.2 Å². The molecule has 0 atom stereocenters. The number of aromatic hydroxyl groups is 1. The van der Waals surface area contributed by atoms with Gasteiger partial charge < -0.3 is 5.11 Å². The van der Waals surface area contributed by atoms with Gasteiger partial charge in [-0.3, -0.25) is 5.43 Å². The summed E-state index contributed by atoms with van der Waals surface area (Å²) in [5, 5.41) is 15.1. The Balaban J connectivity index is 1.79. The van der Waals surface area contributed by atoms with Crippen LogP contribution in [0.5, 0.6) is 5.75 Å². The number of aromatic nitrogens is 2. The number of hydrogen-bond donors (Lipinski definition) is 2. The lowest BCUT2D eigenvalue weighted by Crippen LogP contribution is -2.03. The van der Waals surface area contributed by atoms with Crippen LogP contribution in [-0.2, 0) is 0 Å². The van der Waals surface area contributed by atoms with Crippen molar-refractivity contribution in [3.8, 4) is 17.1 Å². The molecule has 0 spiro atoms. The number of nitrogens with zero attached hydrogens (tertiary/aromatic N) is 3. The highest BCUT2D eigenvalue weighted by Crippen LogP contribution is 2.26. The average Bonchev–Trinajstić information content (AvgIpc) is 2.72.